The van der Waals surface area contributed by atoms with Gasteiger partial charge < -0.3 is 10.1 Å². The molecule has 0 bridgehead atoms. The number of Topliss-reactive ketones (excluding diaryl/α,β-unsaturated/α-hetero) is 1. The highest BCUT2D eigenvalue weighted by molar-refractivity contribution is 5.83. The molecule has 19 heavy (non-hydrogen) atoms. The highest BCUT2D eigenvalue weighted by Gasteiger charge is 2.16. The van der Waals surface area contributed by atoms with Gasteiger partial charge in [0, 0.05) is 32.6 Å². The average molecular weight is 266 g/mol. The minimum Gasteiger partial charge on any atom is -0.494 e. The van der Waals surface area contributed by atoms with Crippen LogP contribution in [0.25, 0.3) is 0 Å². The lowest BCUT2D eigenvalue weighted by molar-refractivity contribution is -0.119. The summed E-state index contributed by atoms with van der Waals surface area (Å²) in [6, 6.07) is 4.89. The lowest BCUT2D eigenvalue weighted by Crippen LogP contribution is -2.45. The summed E-state index contributed by atoms with van der Waals surface area (Å²) >= 11 is 0. The predicted octanol–water partition coefficient (Wildman–Crippen LogP) is 0.851. The molecule has 0 aliphatic carbocycles. The van der Waals surface area contributed by atoms with E-state index in [4.69, 9.17) is 4.74 Å². The third-order valence-electron chi connectivity index (χ3n) is 3.26. The number of ketones is 1. The van der Waals surface area contributed by atoms with Crippen molar-refractivity contribution in [2.24, 2.45) is 0 Å². The molecule has 1 N–H and O–H groups in total. The zero-order valence-electron chi connectivity index (χ0n) is 11.1. The summed E-state index contributed by atoms with van der Waals surface area (Å²) in [7, 11) is 1.42. The molecule has 1 aromatic carbocycles. The number of nitrogens with one attached hydrogen (secondary N) is 1. The fourth-order valence-corrected chi connectivity index (χ4v) is 2.24. The smallest absolute Gasteiger partial charge is 0.168 e. The lowest BCUT2D eigenvalue weighted by Gasteiger charge is -2.26. The number of nitrogens with zero attached hydrogens (tertiary/aromatic N) is 1. The van der Waals surface area contributed by atoms with Crippen LogP contribution < -0.4 is 10.1 Å². The molecule has 1 aliphatic heterocycles. The first-order valence-electron chi connectivity index (χ1n) is 6.47. The number of methoxy groups -OCH3 is 1. The van der Waals surface area contributed by atoms with Crippen LogP contribution in [0.5, 0.6) is 5.75 Å². The second kappa shape index (κ2) is 6.63. The van der Waals surface area contributed by atoms with E-state index in [1.165, 1.54) is 7.11 Å². The van der Waals surface area contributed by atoms with Crippen LogP contribution in [0.1, 0.15) is 5.56 Å². The largest absolute Gasteiger partial charge is 0.494 e. The van der Waals surface area contributed by atoms with Gasteiger partial charge in [0.05, 0.1) is 13.7 Å². The van der Waals surface area contributed by atoms with Gasteiger partial charge in [0.15, 0.2) is 17.3 Å². The summed E-state index contributed by atoms with van der Waals surface area (Å²) < 4.78 is 18.8. The highest BCUT2D eigenvalue weighted by atomic mass is 19.1. The van der Waals surface area contributed by atoms with E-state index < -0.39 is 5.82 Å². The Labute approximate surface area is 112 Å². The van der Waals surface area contributed by atoms with Gasteiger partial charge in [-0.05, 0) is 11.6 Å². The van der Waals surface area contributed by atoms with Gasteiger partial charge in [-0.2, -0.15) is 0 Å². The Morgan fingerprint density at radius 1 is 1.42 bits per heavy atom. The van der Waals surface area contributed by atoms with Gasteiger partial charge in [0.2, 0.25) is 0 Å². The van der Waals surface area contributed by atoms with Gasteiger partial charge in [-0.1, -0.05) is 12.1 Å². The summed E-state index contributed by atoms with van der Waals surface area (Å²) in [5.74, 6) is -0.208. The molecule has 1 saturated heterocycles. The fraction of sp³-hybridized carbons (Fsp3) is 0.500. The SMILES string of the molecule is COc1cccc(CC(=O)CN2CCNCC2)c1F. The molecule has 0 amide bonds. The maximum absolute atomic E-state index is 13.9. The van der Waals surface area contributed by atoms with Crippen LogP contribution in [-0.4, -0.2) is 50.5 Å². The summed E-state index contributed by atoms with van der Waals surface area (Å²) in [5, 5.41) is 3.23. The molecule has 0 aromatic heterocycles. The van der Waals surface area contributed by atoms with Crippen molar-refractivity contribution in [2.45, 2.75) is 6.42 Å². The number of carbonyl (C=O) groups is 1. The molecule has 0 saturated carbocycles. The number of halogens is 1. The zero-order valence-corrected chi connectivity index (χ0v) is 11.1. The molecular formula is C14H19FN2O2. The van der Waals surface area contributed by atoms with Gasteiger partial charge in [-0.3, -0.25) is 9.69 Å². The van der Waals surface area contributed by atoms with Crippen molar-refractivity contribution < 1.29 is 13.9 Å². The van der Waals surface area contributed by atoms with E-state index >= 15 is 0 Å². The maximum atomic E-state index is 13.9. The average Bonchev–Trinajstić information content (AvgIpc) is 2.42. The minimum absolute atomic E-state index is 0.0362. The topological polar surface area (TPSA) is 41.6 Å². The quantitative estimate of drug-likeness (QED) is 0.858. The lowest BCUT2D eigenvalue weighted by atomic mass is 10.1. The van der Waals surface area contributed by atoms with Crippen molar-refractivity contribution >= 4 is 5.78 Å². The fourth-order valence-electron chi connectivity index (χ4n) is 2.24. The Balaban J connectivity index is 1.94. The highest BCUT2D eigenvalue weighted by Crippen LogP contribution is 2.20. The molecule has 0 unspecified atom stereocenters. The standard InChI is InChI=1S/C14H19FN2O2/c1-19-13-4-2-3-11(14(13)15)9-12(18)10-17-7-5-16-6-8-17/h2-4,16H,5-10H2,1H3. The van der Waals surface area contributed by atoms with Crippen LogP contribution in [0, 0.1) is 5.82 Å². The van der Waals surface area contributed by atoms with Crippen LogP contribution in [0.4, 0.5) is 4.39 Å². The van der Waals surface area contributed by atoms with Crippen molar-refractivity contribution in [1.82, 2.24) is 10.2 Å². The summed E-state index contributed by atoms with van der Waals surface area (Å²) in [6.07, 6.45) is 0.118. The molecule has 1 aromatic rings. The molecule has 0 spiro atoms. The van der Waals surface area contributed by atoms with Gasteiger partial charge in [-0.25, -0.2) is 4.39 Å². The van der Waals surface area contributed by atoms with Crippen LogP contribution in [-0.2, 0) is 11.2 Å². The maximum Gasteiger partial charge on any atom is 0.168 e. The number of hydrogen-bond acceptors (Lipinski definition) is 4. The van der Waals surface area contributed by atoms with Gasteiger partial charge in [0.25, 0.3) is 0 Å². The van der Waals surface area contributed by atoms with E-state index in [1.807, 2.05) is 0 Å². The van der Waals surface area contributed by atoms with Crippen molar-refractivity contribution in [3.05, 3.63) is 29.6 Å². The Morgan fingerprint density at radius 3 is 2.84 bits per heavy atom. The van der Waals surface area contributed by atoms with Gasteiger partial charge in [0.1, 0.15) is 0 Å². The molecule has 0 atom stereocenters. The molecule has 4 nitrogen and oxygen atoms in total. The van der Waals surface area contributed by atoms with Crippen molar-refractivity contribution in [2.75, 3.05) is 39.8 Å². The first kappa shape index (κ1) is 14.0. The molecular weight excluding hydrogens is 247 g/mol. The Hall–Kier alpha value is -1.46. The zero-order chi connectivity index (χ0) is 13.7. The second-order valence-electron chi connectivity index (χ2n) is 4.67. The number of piperazine rings is 1. The third kappa shape index (κ3) is 3.75. The van der Waals surface area contributed by atoms with Crippen LogP contribution in [0.3, 0.4) is 0 Å². The van der Waals surface area contributed by atoms with Crippen molar-refractivity contribution in [3.63, 3.8) is 0 Å². The summed E-state index contributed by atoms with van der Waals surface area (Å²) in [5.41, 5.74) is 0.402. The van der Waals surface area contributed by atoms with Crippen molar-refractivity contribution in [1.29, 1.82) is 0 Å². The molecule has 0 radical (unpaired) electrons. The number of hydrogen-bond donors (Lipinski definition) is 1. The number of carbonyl (C=O) groups excluding carboxylic acids is 1. The first-order chi connectivity index (χ1) is 9.20. The van der Waals surface area contributed by atoms with E-state index in [9.17, 15) is 9.18 Å². The summed E-state index contributed by atoms with van der Waals surface area (Å²) in [6.45, 7) is 3.93. The van der Waals surface area contributed by atoms with Crippen LogP contribution in [0.2, 0.25) is 0 Å². The van der Waals surface area contributed by atoms with Gasteiger partial charge >= 0.3 is 0 Å². The van der Waals surface area contributed by atoms with Gasteiger partial charge in [-0.15, -0.1) is 0 Å². The number of rotatable bonds is 5. The molecule has 1 heterocycles. The van der Waals surface area contributed by atoms with E-state index in [0.29, 0.717) is 12.1 Å². The molecule has 1 aliphatic rings. The van der Waals surface area contributed by atoms with E-state index in [0.717, 1.165) is 26.2 Å². The molecule has 5 heteroatoms. The Bertz CT molecular complexity index is 445. The monoisotopic (exact) mass is 266 g/mol. The Kier molecular flexibility index (Phi) is 4.87. The predicted molar refractivity (Wildman–Crippen MR) is 71.0 cm³/mol. The van der Waals surface area contributed by atoms with E-state index in [2.05, 4.69) is 10.2 Å². The van der Waals surface area contributed by atoms with Crippen LogP contribution in [0.15, 0.2) is 18.2 Å². The first-order valence-corrected chi connectivity index (χ1v) is 6.47. The molecule has 2 rings (SSSR count). The molecule has 1 fully saturated rings. The second-order valence-corrected chi connectivity index (χ2v) is 4.67. The normalized spacial score (nSPS) is 16.3. The number of ether oxygens (including phenoxy) is 1. The minimum atomic E-state index is -0.432. The number of benzene rings is 1. The van der Waals surface area contributed by atoms with E-state index in [-0.39, 0.29) is 18.0 Å². The van der Waals surface area contributed by atoms with E-state index in [1.54, 1.807) is 18.2 Å². The Morgan fingerprint density at radius 2 is 2.16 bits per heavy atom. The van der Waals surface area contributed by atoms with Crippen molar-refractivity contribution in [3.8, 4) is 5.75 Å². The van der Waals surface area contributed by atoms with Crippen LogP contribution >= 0.6 is 0 Å². The third-order valence-corrected chi connectivity index (χ3v) is 3.26. The molecule has 104 valence electrons. The summed E-state index contributed by atoms with van der Waals surface area (Å²) in [4.78, 5) is 14.1.